The van der Waals surface area contributed by atoms with Crippen LogP contribution >= 0.6 is 0 Å². The number of fused-ring (bicyclic) bond motifs is 1. The number of nitriles is 1. The van der Waals surface area contributed by atoms with E-state index in [-0.39, 0.29) is 12.9 Å². The molecule has 0 radical (unpaired) electrons. The molecule has 0 amide bonds. The Bertz CT molecular complexity index is 990. The fourth-order valence-corrected chi connectivity index (χ4v) is 4.52. The fraction of sp³-hybridized carbons (Fsp3) is 0.520. The molecule has 3 heterocycles. The van der Waals surface area contributed by atoms with E-state index >= 15 is 0 Å². The van der Waals surface area contributed by atoms with Crippen LogP contribution in [0.1, 0.15) is 17.0 Å². The number of benzene rings is 1. The Morgan fingerprint density at radius 1 is 1.19 bits per heavy atom. The lowest BCUT2D eigenvalue weighted by Gasteiger charge is -2.21. The molecule has 2 fully saturated rings. The number of aliphatic hydroxyl groups is 1. The van der Waals surface area contributed by atoms with Crippen molar-refractivity contribution in [1.82, 2.24) is 19.6 Å². The monoisotopic (exact) mass is 517 g/mol. The largest absolute Gasteiger partial charge is 0.491 e. The van der Waals surface area contributed by atoms with Gasteiger partial charge >= 0.3 is 0 Å². The van der Waals surface area contributed by atoms with Gasteiger partial charge in [0.1, 0.15) is 30.2 Å². The molecular formula is C25H35N5O7. The van der Waals surface area contributed by atoms with Crippen molar-refractivity contribution in [2.45, 2.75) is 19.2 Å². The molecule has 2 aromatic rings. The molecule has 1 aromatic carbocycles. The molecule has 2 aliphatic heterocycles. The van der Waals surface area contributed by atoms with Crippen LogP contribution in [0, 0.1) is 23.2 Å². The Labute approximate surface area is 216 Å². The van der Waals surface area contributed by atoms with Crippen molar-refractivity contribution in [1.29, 1.82) is 5.26 Å². The predicted octanol–water partition coefficient (Wildman–Crippen LogP) is 0.643. The Morgan fingerprint density at radius 2 is 1.78 bits per heavy atom. The number of aryl methyl sites for hydroxylation is 1. The fourth-order valence-electron chi connectivity index (χ4n) is 4.52. The summed E-state index contributed by atoms with van der Waals surface area (Å²) in [4.78, 5) is 21.2. The van der Waals surface area contributed by atoms with Crippen LogP contribution < -0.4 is 4.74 Å². The molecule has 2 aliphatic rings. The molecule has 3 atom stereocenters. The van der Waals surface area contributed by atoms with Crippen LogP contribution in [0.2, 0.25) is 0 Å². The molecule has 0 bridgehead atoms. The van der Waals surface area contributed by atoms with Crippen LogP contribution in [0.4, 0.5) is 0 Å². The molecule has 12 nitrogen and oxygen atoms in total. The lowest BCUT2D eigenvalue weighted by atomic mass is 10.0. The highest BCUT2D eigenvalue weighted by Crippen LogP contribution is 2.29. The highest BCUT2D eigenvalue weighted by molar-refractivity contribution is 5.33. The van der Waals surface area contributed by atoms with Crippen molar-refractivity contribution in [2.24, 2.45) is 18.9 Å². The zero-order valence-electron chi connectivity index (χ0n) is 21.1. The Balaban J connectivity index is 0.000000733. The lowest BCUT2D eigenvalue weighted by molar-refractivity contribution is -0.123. The van der Waals surface area contributed by atoms with Gasteiger partial charge in [-0.15, -0.1) is 0 Å². The van der Waals surface area contributed by atoms with E-state index in [1.807, 2.05) is 37.4 Å². The van der Waals surface area contributed by atoms with Crippen LogP contribution in [0.25, 0.3) is 0 Å². The standard InChI is InChI=1S/C23H31N5O3.2CH2O2/c1-26(12-20-7-21(8-24)27(2)25-20)9-17-3-5-23(6-4-17)31-16-22(29)13-28-10-18-14-30-15-19(18)11-28;2*2-1-3/h3-7,18-19,22,29H,9-16H2,1-2H3;2*1H,(H,2,3)/t18-,19+,22?;;. The maximum atomic E-state index is 10.4. The van der Waals surface area contributed by atoms with Crippen LogP contribution in [0.3, 0.4) is 0 Å². The van der Waals surface area contributed by atoms with Gasteiger partial charge in [0.15, 0.2) is 0 Å². The van der Waals surface area contributed by atoms with Gasteiger partial charge in [0.2, 0.25) is 0 Å². The summed E-state index contributed by atoms with van der Waals surface area (Å²) in [6.45, 7) is 5.63. The second-order valence-corrected chi connectivity index (χ2v) is 9.02. The summed E-state index contributed by atoms with van der Waals surface area (Å²) in [5.41, 5.74) is 2.61. The number of hydrogen-bond donors (Lipinski definition) is 3. The van der Waals surface area contributed by atoms with E-state index in [2.05, 4.69) is 21.0 Å². The first-order valence-electron chi connectivity index (χ1n) is 11.8. The van der Waals surface area contributed by atoms with Crippen molar-refractivity contribution >= 4 is 12.9 Å². The number of likely N-dealkylation sites (tertiary alicyclic amines) is 1. The van der Waals surface area contributed by atoms with Gasteiger partial charge in [0.05, 0.1) is 18.9 Å². The summed E-state index contributed by atoms with van der Waals surface area (Å²) < 4.78 is 12.9. The number of carboxylic acid groups (broad SMARTS) is 2. The van der Waals surface area contributed by atoms with Crippen LogP contribution in [-0.4, -0.2) is 100 Å². The molecule has 202 valence electrons. The number of β-amino-alcohol motifs (C(OH)–C–C–N with tert-alkyl or cyclic N) is 1. The van der Waals surface area contributed by atoms with Gasteiger partial charge in [-0.25, -0.2) is 0 Å². The summed E-state index contributed by atoms with van der Waals surface area (Å²) in [5, 5.41) is 37.6. The minimum Gasteiger partial charge on any atom is -0.491 e. The van der Waals surface area contributed by atoms with E-state index in [0.717, 1.165) is 49.9 Å². The van der Waals surface area contributed by atoms with Crippen molar-refractivity contribution in [3.8, 4) is 11.8 Å². The third kappa shape index (κ3) is 9.82. The lowest BCUT2D eigenvalue weighted by Crippen LogP contribution is -2.35. The first kappa shape index (κ1) is 29.7. The molecule has 2 saturated heterocycles. The average Bonchev–Trinajstić information content (AvgIpc) is 3.54. The number of aromatic nitrogens is 2. The normalized spacial score (nSPS) is 19.0. The molecular weight excluding hydrogens is 482 g/mol. The highest BCUT2D eigenvalue weighted by Gasteiger charge is 2.37. The smallest absolute Gasteiger partial charge is 0.290 e. The van der Waals surface area contributed by atoms with Gasteiger partial charge in [0.25, 0.3) is 12.9 Å². The maximum Gasteiger partial charge on any atom is 0.290 e. The molecule has 37 heavy (non-hydrogen) atoms. The number of carbonyl (C=O) groups is 2. The SMILES string of the molecule is CN(Cc1ccc(OCC(O)CN2C[C@H]3COC[C@H]3C2)cc1)Cc1cc(C#N)n(C)n1.O=CO.O=CO. The van der Waals surface area contributed by atoms with Crippen LogP contribution in [-0.2, 0) is 34.5 Å². The first-order chi connectivity index (χ1) is 17.8. The molecule has 0 aliphatic carbocycles. The second kappa shape index (κ2) is 15.6. The summed E-state index contributed by atoms with van der Waals surface area (Å²) in [6.07, 6.45) is -0.498. The van der Waals surface area contributed by atoms with Crippen molar-refractivity contribution in [3.63, 3.8) is 0 Å². The Kier molecular flexibility index (Phi) is 12.5. The minimum absolute atomic E-state index is 0.250. The average molecular weight is 518 g/mol. The van der Waals surface area contributed by atoms with Crippen molar-refractivity contribution in [2.75, 3.05) is 46.5 Å². The maximum absolute atomic E-state index is 10.4. The number of rotatable bonds is 9. The summed E-state index contributed by atoms with van der Waals surface area (Å²) >= 11 is 0. The summed E-state index contributed by atoms with van der Waals surface area (Å²) in [6, 6.07) is 11.9. The molecule has 0 saturated carbocycles. The molecule has 4 rings (SSSR count). The van der Waals surface area contributed by atoms with E-state index in [1.54, 1.807) is 11.7 Å². The highest BCUT2D eigenvalue weighted by atomic mass is 16.5. The molecule has 12 heteroatoms. The number of nitrogens with zero attached hydrogens (tertiary/aromatic N) is 5. The van der Waals surface area contributed by atoms with E-state index in [1.165, 1.54) is 0 Å². The predicted molar refractivity (Wildman–Crippen MR) is 133 cm³/mol. The van der Waals surface area contributed by atoms with Gasteiger partial charge in [-0.05, 0) is 30.8 Å². The van der Waals surface area contributed by atoms with Crippen molar-refractivity contribution < 1.29 is 34.4 Å². The quantitative estimate of drug-likeness (QED) is 0.400. The molecule has 0 spiro atoms. The number of aliphatic hydroxyl groups excluding tert-OH is 1. The van der Waals surface area contributed by atoms with Gasteiger partial charge in [0, 0.05) is 51.6 Å². The third-order valence-electron chi connectivity index (χ3n) is 6.08. The van der Waals surface area contributed by atoms with Crippen LogP contribution in [0.15, 0.2) is 30.3 Å². The van der Waals surface area contributed by atoms with Gasteiger partial charge in [-0.1, -0.05) is 12.1 Å². The molecule has 1 unspecified atom stereocenters. The van der Waals surface area contributed by atoms with Crippen LogP contribution in [0.5, 0.6) is 5.75 Å². The summed E-state index contributed by atoms with van der Waals surface area (Å²) in [7, 11) is 3.81. The Hall–Kier alpha value is -3.50. The number of hydrogen-bond acceptors (Lipinski definition) is 9. The zero-order chi connectivity index (χ0) is 27.2. The minimum atomic E-state index is -0.498. The molecule has 3 N–H and O–H groups in total. The zero-order valence-corrected chi connectivity index (χ0v) is 21.1. The van der Waals surface area contributed by atoms with Gasteiger partial charge < -0.3 is 24.8 Å². The summed E-state index contributed by atoms with van der Waals surface area (Å²) in [5.74, 6) is 2.02. The van der Waals surface area contributed by atoms with E-state index < -0.39 is 6.10 Å². The molecule has 1 aromatic heterocycles. The third-order valence-corrected chi connectivity index (χ3v) is 6.08. The van der Waals surface area contributed by atoms with E-state index in [0.29, 0.717) is 37.2 Å². The topological polar surface area (TPSA) is 161 Å². The van der Waals surface area contributed by atoms with E-state index in [4.69, 9.17) is 34.5 Å². The van der Waals surface area contributed by atoms with E-state index in [9.17, 15) is 5.11 Å². The Morgan fingerprint density at radius 3 is 2.32 bits per heavy atom. The second-order valence-electron chi connectivity index (χ2n) is 9.02. The van der Waals surface area contributed by atoms with Gasteiger partial charge in [-0.3, -0.25) is 24.1 Å². The van der Waals surface area contributed by atoms with Crippen molar-refractivity contribution in [3.05, 3.63) is 47.3 Å². The number of ether oxygens (including phenoxy) is 2. The van der Waals surface area contributed by atoms with Gasteiger partial charge in [-0.2, -0.15) is 10.4 Å². The first-order valence-corrected chi connectivity index (χ1v) is 11.8.